The molecule has 2 aromatic carbocycles. The van der Waals surface area contributed by atoms with E-state index in [4.69, 9.17) is 10.5 Å². The first-order valence-corrected chi connectivity index (χ1v) is 6.67. The molecule has 20 heavy (non-hydrogen) atoms. The van der Waals surface area contributed by atoms with Gasteiger partial charge >= 0.3 is 0 Å². The fourth-order valence-corrected chi connectivity index (χ4v) is 1.89. The molecule has 0 spiro atoms. The van der Waals surface area contributed by atoms with Crippen LogP contribution in [-0.2, 0) is 6.61 Å². The van der Waals surface area contributed by atoms with Crippen molar-refractivity contribution in [1.82, 2.24) is 0 Å². The lowest BCUT2D eigenvalue weighted by Crippen LogP contribution is -1.97. The maximum Gasteiger partial charge on any atom is 0.122 e. The van der Waals surface area contributed by atoms with Crippen molar-refractivity contribution in [3.8, 4) is 17.6 Å². The lowest BCUT2D eigenvalue weighted by molar-refractivity contribution is 0.304. The van der Waals surface area contributed by atoms with Gasteiger partial charge in [0.25, 0.3) is 0 Å². The van der Waals surface area contributed by atoms with Gasteiger partial charge in [0.05, 0.1) is 6.54 Å². The summed E-state index contributed by atoms with van der Waals surface area (Å²) in [7, 11) is 0. The third-order valence-electron chi connectivity index (χ3n) is 3.02. The van der Waals surface area contributed by atoms with Crippen molar-refractivity contribution in [2.75, 3.05) is 6.54 Å². The molecule has 0 aliphatic rings. The molecular formula is C18H19NO. The molecule has 0 radical (unpaired) electrons. The molecule has 2 rings (SSSR count). The molecule has 0 saturated heterocycles. The van der Waals surface area contributed by atoms with E-state index in [1.807, 2.05) is 25.1 Å². The summed E-state index contributed by atoms with van der Waals surface area (Å²) in [5.41, 5.74) is 9.85. The maximum absolute atomic E-state index is 5.85. The highest BCUT2D eigenvalue weighted by atomic mass is 16.5. The van der Waals surface area contributed by atoms with Crippen molar-refractivity contribution in [2.45, 2.75) is 20.5 Å². The Bertz CT molecular complexity index is 633. The van der Waals surface area contributed by atoms with Gasteiger partial charge in [0.1, 0.15) is 12.4 Å². The Morgan fingerprint density at radius 1 is 1.05 bits per heavy atom. The molecule has 0 fully saturated rings. The summed E-state index contributed by atoms with van der Waals surface area (Å²) < 4.78 is 5.85. The summed E-state index contributed by atoms with van der Waals surface area (Å²) in [6.45, 7) is 5.06. The second-order valence-corrected chi connectivity index (χ2v) is 4.76. The number of ether oxygens (including phenoxy) is 1. The van der Waals surface area contributed by atoms with E-state index in [-0.39, 0.29) is 0 Å². The van der Waals surface area contributed by atoms with Gasteiger partial charge in [-0.3, -0.25) is 0 Å². The minimum atomic E-state index is 0.380. The van der Waals surface area contributed by atoms with Crippen LogP contribution in [0.4, 0.5) is 0 Å². The van der Waals surface area contributed by atoms with Gasteiger partial charge in [-0.15, -0.1) is 0 Å². The summed E-state index contributed by atoms with van der Waals surface area (Å²) in [4.78, 5) is 0. The van der Waals surface area contributed by atoms with Crippen LogP contribution in [0.2, 0.25) is 0 Å². The van der Waals surface area contributed by atoms with Crippen molar-refractivity contribution in [2.24, 2.45) is 5.73 Å². The first-order valence-electron chi connectivity index (χ1n) is 6.67. The maximum atomic E-state index is 5.85. The van der Waals surface area contributed by atoms with Gasteiger partial charge in [-0.05, 0) is 43.2 Å². The third-order valence-corrected chi connectivity index (χ3v) is 3.02. The van der Waals surface area contributed by atoms with E-state index < -0.39 is 0 Å². The molecule has 2 heteroatoms. The van der Waals surface area contributed by atoms with Crippen LogP contribution in [0.15, 0.2) is 42.5 Å². The predicted octanol–water partition coefficient (Wildman–Crippen LogP) is 3.19. The van der Waals surface area contributed by atoms with Crippen LogP contribution < -0.4 is 10.5 Å². The van der Waals surface area contributed by atoms with Crippen LogP contribution in [-0.4, -0.2) is 6.54 Å². The monoisotopic (exact) mass is 265 g/mol. The summed E-state index contributed by atoms with van der Waals surface area (Å²) >= 11 is 0. The van der Waals surface area contributed by atoms with E-state index in [0.29, 0.717) is 13.2 Å². The number of aryl methyl sites for hydroxylation is 2. The van der Waals surface area contributed by atoms with Gasteiger partial charge in [-0.1, -0.05) is 41.7 Å². The van der Waals surface area contributed by atoms with Crippen LogP contribution in [0.25, 0.3) is 0 Å². The topological polar surface area (TPSA) is 35.2 Å². The van der Waals surface area contributed by atoms with Crippen LogP contribution in [0.1, 0.15) is 22.3 Å². The van der Waals surface area contributed by atoms with Crippen LogP contribution in [0.3, 0.4) is 0 Å². The molecule has 2 aromatic rings. The Balaban J connectivity index is 2.04. The zero-order valence-corrected chi connectivity index (χ0v) is 11.9. The highest BCUT2D eigenvalue weighted by molar-refractivity contribution is 5.43. The van der Waals surface area contributed by atoms with E-state index in [1.54, 1.807) is 0 Å². The van der Waals surface area contributed by atoms with Gasteiger partial charge in [-0.25, -0.2) is 0 Å². The Kier molecular flexibility index (Phi) is 4.81. The lowest BCUT2D eigenvalue weighted by atomic mass is 10.1. The molecule has 0 bridgehead atoms. The minimum Gasteiger partial charge on any atom is -0.489 e. The van der Waals surface area contributed by atoms with Crippen molar-refractivity contribution < 1.29 is 4.74 Å². The molecular weight excluding hydrogens is 246 g/mol. The molecule has 2 nitrogen and oxygen atoms in total. The predicted molar refractivity (Wildman–Crippen MR) is 82.6 cm³/mol. The van der Waals surface area contributed by atoms with Gasteiger partial charge < -0.3 is 10.5 Å². The van der Waals surface area contributed by atoms with Crippen LogP contribution in [0, 0.1) is 25.7 Å². The molecule has 0 aliphatic carbocycles. The average Bonchev–Trinajstić information content (AvgIpc) is 2.46. The quantitative estimate of drug-likeness (QED) is 0.865. The van der Waals surface area contributed by atoms with E-state index in [1.165, 1.54) is 11.1 Å². The van der Waals surface area contributed by atoms with Crippen molar-refractivity contribution in [1.29, 1.82) is 0 Å². The lowest BCUT2D eigenvalue weighted by Gasteiger charge is -2.09. The third kappa shape index (κ3) is 3.88. The van der Waals surface area contributed by atoms with Gasteiger partial charge in [0.2, 0.25) is 0 Å². The highest BCUT2D eigenvalue weighted by Crippen LogP contribution is 2.20. The standard InChI is InChI=1S/C18H19NO/c1-14-5-7-17(8-6-14)13-20-18-10-9-16(4-3-11-19)12-15(18)2/h5-10,12H,11,13,19H2,1-2H3. The smallest absolute Gasteiger partial charge is 0.122 e. The SMILES string of the molecule is Cc1ccc(COc2ccc(C#CCN)cc2C)cc1. The number of nitrogens with two attached hydrogens (primary N) is 1. The first-order chi connectivity index (χ1) is 9.69. The molecule has 0 amide bonds. The van der Waals surface area contributed by atoms with Gasteiger partial charge in [0.15, 0.2) is 0 Å². The zero-order valence-electron chi connectivity index (χ0n) is 11.9. The zero-order chi connectivity index (χ0) is 14.4. The number of hydrogen-bond donors (Lipinski definition) is 1. The molecule has 0 atom stereocenters. The largest absolute Gasteiger partial charge is 0.489 e. The first kappa shape index (κ1) is 14.2. The van der Waals surface area contributed by atoms with Crippen molar-refractivity contribution in [3.63, 3.8) is 0 Å². The molecule has 0 aromatic heterocycles. The molecule has 2 N–H and O–H groups in total. The van der Waals surface area contributed by atoms with Crippen molar-refractivity contribution >= 4 is 0 Å². The number of rotatable bonds is 3. The fraction of sp³-hybridized carbons (Fsp3) is 0.222. The molecule has 0 heterocycles. The minimum absolute atomic E-state index is 0.380. The second-order valence-electron chi connectivity index (χ2n) is 4.76. The van der Waals surface area contributed by atoms with E-state index in [2.05, 4.69) is 43.0 Å². The Hall–Kier alpha value is -2.24. The van der Waals surface area contributed by atoms with Crippen molar-refractivity contribution in [3.05, 3.63) is 64.7 Å². The Morgan fingerprint density at radius 2 is 1.80 bits per heavy atom. The average molecular weight is 265 g/mol. The molecule has 0 aliphatic heterocycles. The van der Waals surface area contributed by atoms with Gasteiger partial charge in [0, 0.05) is 5.56 Å². The second kappa shape index (κ2) is 6.79. The summed E-state index contributed by atoms with van der Waals surface area (Å²) in [6.07, 6.45) is 0. The number of benzene rings is 2. The summed E-state index contributed by atoms with van der Waals surface area (Å²) in [5.74, 6) is 6.77. The highest BCUT2D eigenvalue weighted by Gasteiger charge is 2.01. The normalized spacial score (nSPS) is 9.75. The Labute approximate surface area is 120 Å². The van der Waals surface area contributed by atoms with Crippen LogP contribution >= 0.6 is 0 Å². The van der Waals surface area contributed by atoms with E-state index >= 15 is 0 Å². The van der Waals surface area contributed by atoms with E-state index in [0.717, 1.165) is 16.9 Å². The van der Waals surface area contributed by atoms with E-state index in [9.17, 15) is 0 Å². The summed E-state index contributed by atoms with van der Waals surface area (Å²) in [5, 5.41) is 0. The summed E-state index contributed by atoms with van der Waals surface area (Å²) in [6, 6.07) is 14.3. The Morgan fingerprint density at radius 3 is 2.45 bits per heavy atom. The van der Waals surface area contributed by atoms with Gasteiger partial charge in [-0.2, -0.15) is 0 Å². The molecule has 0 saturated carbocycles. The molecule has 102 valence electrons. The molecule has 0 unspecified atom stereocenters. The fourth-order valence-electron chi connectivity index (χ4n) is 1.89. The number of hydrogen-bond acceptors (Lipinski definition) is 2. The van der Waals surface area contributed by atoms with Crippen LogP contribution in [0.5, 0.6) is 5.75 Å².